The fraction of sp³-hybridized carbons (Fsp3) is 0.300. The summed E-state index contributed by atoms with van der Waals surface area (Å²) in [6, 6.07) is 12.3. The summed E-state index contributed by atoms with van der Waals surface area (Å²) in [6.07, 6.45) is 0. The molecule has 0 aromatic heterocycles. The quantitative estimate of drug-likeness (QED) is 0.808. The van der Waals surface area contributed by atoms with Gasteiger partial charge >= 0.3 is 0 Å². The number of halogens is 1. The topological polar surface area (TPSA) is 61.4 Å². The van der Waals surface area contributed by atoms with Crippen molar-refractivity contribution in [3.8, 4) is 0 Å². The Morgan fingerprint density at radius 1 is 1.12 bits per heavy atom. The molecular weight excluding hydrogens is 350 g/mol. The molecule has 0 saturated heterocycles. The Hall–Kier alpha value is -2.37. The first-order chi connectivity index (χ1) is 12.3. The smallest absolute Gasteiger partial charge is 0.241 e. The molecular formula is C20H24ClN3O2. The third-order valence-corrected chi connectivity index (χ3v) is 4.64. The molecule has 0 spiro atoms. The lowest BCUT2D eigenvalue weighted by molar-refractivity contribution is -0.122. The van der Waals surface area contributed by atoms with Gasteiger partial charge in [-0.2, -0.15) is 0 Å². The van der Waals surface area contributed by atoms with Crippen LogP contribution in [0.1, 0.15) is 18.1 Å². The number of carbonyl (C=O) groups excluding carboxylic acids is 2. The third kappa shape index (κ3) is 5.31. The summed E-state index contributed by atoms with van der Waals surface area (Å²) in [4.78, 5) is 26.4. The predicted octanol–water partition coefficient (Wildman–Crippen LogP) is 3.85. The van der Waals surface area contributed by atoms with Gasteiger partial charge in [0.15, 0.2) is 0 Å². The molecule has 2 aromatic rings. The summed E-state index contributed by atoms with van der Waals surface area (Å²) in [7, 11) is 1.74. The van der Waals surface area contributed by atoms with Crippen molar-refractivity contribution < 1.29 is 9.59 Å². The SMILES string of the molecule is Cc1cccc(NC(=O)CN(C)[C@@H](C)C(=O)Nc2cccc(Cl)c2)c1C. The Kier molecular flexibility index (Phi) is 6.77. The van der Waals surface area contributed by atoms with Crippen molar-refractivity contribution in [2.45, 2.75) is 26.8 Å². The van der Waals surface area contributed by atoms with E-state index in [9.17, 15) is 9.59 Å². The van der Waals surface area contributed by atoms with Crippen LogP contribution in [0.2, 0.25) is 5.02 Å². The van der Waals surface area contributed by atoms with Crippen LogP contribution in [0.25, 0.3) is 0 Å². The minimum atomic E-state index is -0.474. The van der Waals surface area contributed by atoms with Gasteiger partial charge in [-0.05, 0) is 63.2 Å². The Labute approximate surface area is 159 Å². The Morgan fingerprint density at radius 2 is 1.81 bits per heavy atom. The van der Waals surface area contributed by atoms with E-state index < -0.39 is 6.04 Å². The second-order valence-electron chi connectivity index (χ2n) is 6.39. The van der Waals surface area contributed by atoms with Crippen molar-refractivity contribution in [3.05, 3.63) is 58.6 Å². The minimum Gasteiger partial charge on any atom is -0.325 e. The molecule has 6 heteroatoms. The number of hydrogen-bond donors (Lipinski definition) is 2. The number of rotatable bonds is 6. The second kappa shape index (κ2) is 8.83. The highest BCUT2D eigenvalue weighted by molar-refractivity contribution is 6.30. The lowest BCUT2D eigenvalue weighted by atomic mass is 10.1. The van der Waals surface area contributed by atoms with Crippen molar-refractivity contribution in [2.24, 2.45) is 0 Å². The summed E-state index contributed by atoms with van der Waals surface area (Å²) >= 11 is 5.93. The lowest BCUT2D eigenvalue weighted by Crippen LogP contribution is -2.43. The zero-order valence-corrected chi connectivity index (χ0v) is 16.2. The van der Waals surface area contributed by atoms with E-state index in [-0.39, 0.29) is 18.4 Å². The van der Waals surface area contributed by atoms with Crippen molar-refractivity contribution in [2.75, 3.05) is 24.2 Å². The van der Waals surface area contributed by atoms with Crippen molar-refractivity contribution in [1.29, 1.82) is 0 Å². The van der Waals surface area contributed by atoms with Crippen LogP contribution in [0.3, 0.4) is 0 Å². The van der Waals surface area contributed by atoms with Crippen LogP contribution in [0.5, 0.6) is 0 Å². The monoisotopic (exact) mass is 373 g/mol. The highest BCUT2D eigenvalue weighted by Crippen LogP contribution is 2.18. The molecule has 2 aromatic carbocycles. The van der Waals surface area contributed by atoms with Crippen LogP contribution in [0.4, 0.5) is 11.4 Å². The average Bonchev–Trinajstić information content (AvgIpc) is 2.58. The van der Waals surface area contributed by atoms with Gasteiger partial charge in [-0.1, -0.05) is 29.8 Å². The van der Waals surface area contributed by atoms with E-state index in [1.165, 1.54) is 0 Å². The van der Waals surface area contributed by atoms with Gasteiger partial charge < -0.3 is 10.6 Å². The highest BCUT2D eigenvalue weighted by atomic mass is 35.5. The van der Waals surface area contributed by atoms with Crippen molar-refractivity contribution in [3.63, 3.8) is 0 Å². The van der Waals surface area contributed by atoms with E-state index in [4.69, 9.17) is 11.6 Å². The maximum atomic E-state index is 12.4. The molecule has 1 atom stereocenters. The number of nitrogens with zero attached hydrogens (tertiary/aromatic N) is 1. The molecule has 0 heterocycles. The summed E-state index contributed by atoms with van der Waals surface area (Å²) in [5.41, 5.74) is 3.57. The summed E-state index contributed by atoms with van der Waals surface area (Å²) in [5, 5.41) is 6.26. The van der Waals surface area contributed by atoms with Crippen LogP contribution in [0.15, 0.2) is 42.5 Å². The number of hydrogen-bond acceptors (Lipinski definition) is 3. The molecule has 0 unspecified atom stereocenters. The van der Waals surface area contributed by atoms with E-state index in [1.54, 1.807) is 43.1 Å². The van der Waals surface area contributed by atoms with Gasteiger partial charge in [0.05, 0.1) is 12.6 Å². The number of likely N-dealkylation sites (N-methyl/N-ethyl adjacent to an activating group) is 1. The van der Waals surface area contributed by atoms with Gasteiger partial charge in [0.1, 0.15) is 0 Å². The fourth-order valence-electron chi connectivity index (χ4n) is 2.45. The molecule has 0 saturated carbocycles. The maximum Gasteiger partial charge on any atom is 0.241 e. The summed E-state index contributed by atoms with van der Waals surface area (Å²) < 4.78 is 0. The average molecular weight is 374 g/mol. The summed E-state index contributed by atoms with van der Waals surface area (Å²) in [5.74, 6) is -0.363. The molecule has 0 radical (unpaired) electrons. The second-order valence-corrected chi connectivity index (χ2v) is 6.82. The number of carbonyl (C=O) groups is 2. The number of aryl methyl sites for hydroxylation is 1. The number of benzene rings is 2. The molecule has 2 amide bonds. The van der Waals surface area contributed by atoms with E-state index in [0.717, 1.165) is 16.8 Å². The van der Waals surface area contributed by atoms with Gasteiger partial charge in [0, 0.05) is 16.4 Å². The van der Waals surface area contributed by atoms with Crippen molar-refractivity contribution >= 4 is 34.8 Å². The highest BCUT2D eigenvalue weighted by Gasteiger charge is 2.20. The first-order valence-corrected chi connectivity index (χ1v) is 8.78. The lowest BCUT2D eigenvalue weighted by Gasteiger charge is -2.23. The van der Waals surface area contributed by atoms with E-state index in [1.807, 2.05) is 32.0 Å². The van der Waals surface area contributed by atoms with Crippen LogP contribution in [-0.2, 0) is 9.59 Å². The Balaban J connectivity index is 1.93. The van der Waals surface area contributed by atoms with E-state index >= 15 is 0 Å². The van der Waals surface area contributed by atoms with Gasteiger partial charge in [0.25, 0.3) is 0 Å². The van der Waals surface area contributed by atoms with Gasteiger partial charge in [-0.25, -0.2) is 0 Å². The Bertz CT molecular complexity index is 807. The first kappa shape index (κ1) is 19.9. The van der Waals surface area contributed by atoms with Crippen LogP contribution >= 0.6 is 11.6 Å². The number of nitrogens with one attached hydrogen (secondary N) is 2. The number of amides is 2. The fourth-order valence-corrected chi connectivity index (χ4v) is 2.64. The van der Waals surface area contributed by atoms with E-state index in [0.29, 0.717) is 10.7 Å². The van der Waals surface area contributed by atoms with Gasteiger partial charge in [-0.3, -0.25) is 14.5 Å². The van der Waals surface area contributed by atoms with Crippen molar-refractivity contribution in [1.82, 2.24) is 4.90 Å². The predicted molar refractivity (Wildman–Crippen MR) is 107 cm³/mol. The maximum absolute atomic E-state index is 12.4. The van der Waals surface area contributed by atoms with Crippen LogP contribution < -0.4 is 10.6 Å². The van der Waals surface area contributed by atoms with Crippen LogP contribution in [0, 0.1) is 13.8 Å². The number of anilines is 2. The van der Waals surface area contributed by atoms with Gasteiger partial charge in [0.2, 0.25) is 11.8 Å². The minimum absolute atomic E-state index is 0.109. The molecule has 0 bridgehead atoms. The largest absolute Gasteiger partial charge is 0.325 e. The summed E-state index contributed by atoms with van der Waals surface area (Å²) in [6.45, 7) is 5.83. The molecule has 26 heavy (non-hydrogen) atoms. The van der Waals surface area contributed by atoms with Crippen LogP contribution in [-0.4, -0.2) is 36.3 Å². The molecule has 0 aliphatic carbocycles. The van der Waals surface area contributed by atoms with Gasteiger partial charge in [-0.15, -0.1) is 0 Å². The molecule has 2 N–H and O–H groups in total. The standard InChI is InChI=1S/C20H24ClN3O2/c1-13-7-5-10-18(14(13)2)23-19(25)12-24(4)15(3)20(26)22-17-9-6-8-16(21)11-17/h5-11,15H,12H2,1-4H3,(H,22,26)(H,23,25)/t15-/m0/s1. The molecule has 2 rings (SSSR count). The molecule has 0 aliphatic heterocycles. The normalized spacial score (nSPS) is 11.9. The molecule has 0 aliphatic rings. The molecule has 138 valence electrons. The van der Waals surface area contributed by atoms with E-state index in [2.05, 4.69) is 10.6 Å². The molecule has 5 nitrogen and oxygen atoms in total. The Morgan fingerprint density at radius 3 is 2.50 bits per heavy atom. The third-order valence-electron chi connectivity index (χ3n) is 4.40. The zero-order chi connectivity index (χ0) is 19.3. The molecule has 0 fully saturated rings. The first-order valence-electron chi connectivity index (χ1n) is 8.40. The zero-order valence-electron chi connectivity index (χ0n) is 15.5.